The van der Waals surface area contributed by atoms with E-state index in [1.807, 2.05) is 0 Å². The van der Waals surface area contributed by atoms with Crippen LogP contribution in [0.4, 0.5) is 4.79 Å². The van der Waals surface area contributed by atoms with E-state index in [0.717, 1.165) is 0 Å². The molecule has 0 unspecified atom stereocenters. The first-order valence-corrected chi connectivity index (χ1v) is 2.78. The van der Waals surface area contributed by atoms with Crippen molar-refractivity contribution in [3.8, 4) is 0 Å². The van der Waals surface area contributed by atoms with E-state index in [1.54, 1.807) is 20.8 Å². The highest BCUT2D eigenvalue weighted by atomic mass is 35.5. The Labute approximate surface area is 59.1 Å². The Morgan fingerprint density at radius 3 is 2.00 bits per heavy atom. The Morgan fingerprint density at radius 2 is 1.89 bits per heavy atom. The largest absolute Gasteiger partial charge is 0.527 e. The summed E-state index contributed by atoms with van der Waals surface area (Å²) in [6.45, 7) is 5.17. The molecule has 4 heteroatoms. The fraction of sp³-hybridized carbons (Fsp3) is 0.800. The maximum absolute atomic E-state index is 10.3. The Kier molecular flexibility index (Phi) is 2.77. The van der Waals surface area contributed by atoms with Crippen LogP contribution >= 0.6 is 11.9 Å². The van der Waals surface area contributed by atoms with E-state index in [9.17, 15) is 4.79 Å². The van der Waals surface area contributed by atoms with Crippen LogP contribution in [0.2, 0.25) is 0 Å². The molecule has 0 N–H and O–H groups in total. The van der Waals surface area contributed by atoms with Crippen LogP contribution in [-0.4, -0.2) is 11.8 Å². The van der Waals surface area contributed by atoms with E-state index in [2.05, 4.69) is 20.9 Å². The summed E-state index contributed by atoms with van der Waals surface area (Å²) in [7, 11) is 0. The number of halogens is 1. The Balaban J connectivity index is 3.60. The molecule has 0 fully saturated rings. The standard InChI is InChI=1S/C5H9ClO3/c1-5(2,3)8-4(7)9-6/h1-3H3. The molecule has 0 aromatic rings. The van der Waals surface area contributed by atoms with Crippen molar-refractivity contribution in [2.75, 3.05) is 0 Å². The van der Waals surface area contributed by atoms with Gasteiger partial charge in [-0.05, 0) is 20.8 Å². The van der Waals surface area contributed by atoms with E-state index in [0.29, 0.717) is 0 Å². The molecule has 0 saturated carbocycles. The van der Waals surface area contributed by atoms with Crippen molar-refractivity contribution < 1.29 is 13.8 Å². The molecule has 0 aromatic carbocycles. The highest BCUT2D eigenvalue weighted by Crippen LogP contribution is 2.08. The first kappa shape index (κ1) is 8.56. The predicted octanol–water partition coefficient (Wildman–Crippen LogP) is 2.09. The molecule has 0 aliphatic rings. The molecule has 0 bridgehead atoms. The quantitative estimate of drug-likeness (QED) is 0.499. The number of rotatable bonds is 0. The van der Waals surface area contributed by atoms with Gasteiger partial charge in [-0.25, -0.2) is 4.79 Å². The zero-order chi connectivity index (χ0) is 7.49. The lowest BCUT2D eigenvalue weighted by Gasteiger charge is -2.16. The number of carbonyl (C=O) groups excluding carboxylic acids is 1. The average molecular weight is 153 g/mol. The van der Waals surface area contributed by atoms with E-state index >= 15 is 0 Å². The normalized spacial score (nSPS) is 10.7. The topological polar surface area (TPSA) is 35.5 Å². The van der Waals surface area contributed by atoms with Crippen molar-refractivity contribution in [2.24, 2.45) is 0 Å². The van der Waals surface area contributed by atoms with Crippen LogP contribution in [0.5, 0.6) is 0 Å². The maximum atomic E-state index is 10.3. The lowest BCUT2D eigenvalue weighted by atomic mass is 10.2. The molecule has 0 amide bonds. The molecule has 0 aliphatic heterocycles. The smallest absolute Gasteiger partial charge is 0.427 e. The lowest BCUT2D eigenvalue weighted by molar-refractivity contribution is 0.0226. The molecule has 0 aliphatic carbocycles. The molecular weight excluding hydrogens is 144 g/mol. The summed E-state index contributed by atoms with van der Waals surface area (Å²) in [5.74, 6) is 0. The van der Waals surface area contributed by atoms with Gasteiger partial charge in [0.2, 0.25) is 0 Å². The summed E-state index contributed by atoms with van der Waals surface area (Å²) in [5.41, 5.74) is -0.536. The van der Waals surface area contributed by atoms with Crippen molar-refractivity contribution in [3.05, 3.63) is 0 Å². The van der Waals surface area contributed by atoms with Gasteiger partial charge in [0.05, 0.1) is 0 Å². The molecule has 0 rings (SSSR count). The zero-order valence-corrected chi connectivity index (χ0v) is 6.36. The molecule has 9 heavy (non-hydrogen) atoms. The summed E-state index contributed by atoms with van der Waals surface area (Å²) < 4.78 is 8.33. The third-order valence-corrected chi connectivity index (χ3v) is 0.579. The van der Waals surface area contributed by atoms with Crippen molar-refractivity contribution in [3.63, 3.8) is 0 Å². The number of carbonyl (C=O) groups is 1. The maximum Gasteiger partial charge on any atom is 0.527 e. The van der Waals surface area contributed by atoms with Crippen LogP contribution in [-0.2, 0) is 9.03 Å². The van der Waals surface area contributed by atoms with E-state index in [4.69, 9.17) is 0 Å². The van der Waals surface area contributed by atoms with Gasteiger partial charge in [0, 0.05) is 0 Å². The van der Waals surface area contributed by atoms with Crippen LogP contribution in [0, 0.1) is 0 Å². The number of hydrogen-bond acceptors (Lipinski definition) is 3. The van der Waals surface area contributed by atoms with Crippen LogP contribution in [0.1, 0.15) is 20.8 Å². The minimum atomic E-state index is -0.871. The van der Waals surface area contributed by atoms with Crippen LogP contribution in [0.25, 0.3) is 0 Å². The number of hydrogen-bond donors (Lipinski definition) is 0. The van der Waals surface area contributed by atoms with Gasteiger partial charge in [-0.1, -0.05) is 0 Å². The highest BCUT2D eigenvalue weighted by molar-refractivity contribution is 6.12. The van der Waals surface area contributed by atoms with Gasteiger partial charge in [-0.15, -0.1) is 0 Å². The minimum Gasteiger partial charge on any atom is -0.427 e. The first-order valence-electron chi connectivity index (χ1n) is 2.47. The fourth-order valence-corrected chi connectivity index (χ4v) is 0.297. The second kappa shape index (κ2) is 2.92. The molecule has 0 heterocycles. The van der Waals surface area contributed by atoms with Crippen molar-refractivity contribution >= 4 is 18.0 Å². The number of ether oxygens (including phenoxy) is 1. The molecule has 0 spiro atoms. The van der Waals surface area contributed by atoms with E-state index in [-0.39, 0.29) is 0 Å². The second-order valence-electron chi connectivity index (χ2n) is 2.54. The first-order chi connectivity index (χ1) is 3.95. The Bertz CT molecular complexity index is 105. The molecular formula is C5H9ClO3. The summed E-state index contributed by atoms with van der Waals surface area (Å²) in [6, 6.07) is 0. The fourth-order valence-electron chi connectivity index (χ4n) is 0.266. The van der Waals surface area contributed by atoms with Crippen molar-refractivity contribution in [1.29, 1.82) is 0 Å². The van der Waals surface area contributed by atoms with Gasteiger partial charge in [0.1, 0.15) is 17.5 Å². The summed E-state index contributed by atoms with van der Waals surface area (Å²) in [4.78, 5) is 10.3. The van der Waals surface area contributed by atoms with E-state index < -0.39 is 11.8 Å². The van der Waals surface area contributed by atoms with Gasteiger partial charge in [-0.2, -0.15) is 0 Å². The SMILES string of the molecule is CC(C)(C)OC(=O)OCl. The third kappa shape index (κ3) is 5.43. The van der Waals surface area contributed by atoms with Crippen LogP contribution < -0.4 is 0 Å². The van der Waals surface area contributed by atoms with Gasteiger partial charge >= 0.3 is 6.16 Å². The molecule has 0 radical (unpaired) electrons. The monoisotopic (exact) mass is 152 g/mol. The highest BCUT2D eigenvalue weighted by Gasteiger charge is 2.16. The third-order valence-electron chi connectivity index (χ3n) is 0.453. The zero-order valence-electron chi connectivity index (χ0n) is 5.60. The Morgan fingerprint density at radius 1 is 1.44 bits per heavy atom. The molecule has 54 valence electrons. The van der Waals surface area contributed by atoms with Crippen molar-refractivity contribution in [2.45, 2.75) is 26.4 Å². The second-order valence-corrected chi connectivity index (χ2v) is 2.70. The van der Waals surface area contributed by atoms with E-state index in [1.165, 1.54) is 0 Å². The minimum absolute atomic E-state index is 0.536. The van der Waals surface area contributed by atoms with Gasteiger partial charge in [0.15, 0.2) is 0 Å². The summed E-state index contributed by atoms with van der Waals surface area (Å²) in [5, 5.41) is 0. The lowest BCUT2D eigenvalue weighted by Crippen LogP contribution is -2.22. The van der Waals surface area contributed by atoms with Gasteiger partial charge in [-0.3, -0.25) is 0 Å². The van der Waals surface area contributed by atoms with Crippen LogP contribution in [0.15, 0.2) is 0 Å². The van der Waals surface area contributed by atoms with Crippen LogP contribution in [0.3, 0.4) is 0 Å². The van der Waals surface area contributed by atoms with Crippen molar-refractivity contribution in [1.82, 2.24) is 0 Å². The molecule has 0 saturated heterocycles. The Hall–Kier alpha value is -0.440. The predicted molar refractivity (Wildman–Crippen MR) is 33.2 cm³/mol. The summed E-state index contributed by atoms with van der Waals surface area (Å²) >= 11 is 4.68. The summed E-state index contributed by atoms with van der Waals surface area (Å²) in [6.07, 6.45) is -0.871. The molecule has 0 atom stereocenters. The molecule has 3 nitrogen and oxygen atoms in total. The van der Waals surface area contributed by atoms with Gasteiger partial charge < -0.3 is 9.03 Å². The van der Waals surface area contributed by atoms with Gasteiger partial charge in [0.25, 0.3) is 0 Å². The molecule has 0 aromatic heterocycles. The average Bonchev–Trinajstić information content (AvgIpc) is 1.62.